The van der Waals surface area contributed by atoms with Gasteiger partial charge in [0, 0.05) is 6.42 Å². The highest BCUT2D eigenvalue weighted by Crippen LogP contribution is 2.01. The van der Waals surface area contributed by atoms with Gasteiger partial charge in [-0.1, -0.05) is 18.2 Å². The van der Waals surface area contributed by atoms with E-state index in [0.29, 0.717) is 6.42 Å². The Labute approximate surface area is 55.1 Å². The summed E-state index contributed by atoms with van der Waals surface area (Å²) in [6.45, 7) is 0. The average Bonchev–Trinajstić information content (AvgIpc) is 1.79. The van der Waals surface area contributed by atoms with Gasteiger partial charge in [-0.3, -0.25) is 4.79 Å². The monoisotopic (exact) mass is 122 g/mol. The molecule has 0 saturated carbocycles. The van der Waals surface area contributed by atoms with Crippen LogP contribution < -0.4 is 0 Å². The number of ketones is 1. The van der Waals surface area contributed by atoms with Gasteiger partial charge >= 0.3 is 0 Å². The maximum absolute atomic E-state index is 10.7. The van der Waals surface area contributed by atoms with Gasteiger partial charge in [0.1, 0.15) is 0 Å². The lowest BCUT2D eigenvalue weighted by molar-refractivity contribution is -0.114. The van der Waals surface area contributed by atoms with E-state index in [1.807, 2.05) is 12.2 Å². The van der Waals surface area contributed by atoms with Gasteiger partial charge in [-0.2, -0.15) is 0 Å². The normalized spacial score (nSPS) is 26.4. The molecule has 0 bridgehead atoms. The minimum absolute atomic E-state index is 0.249. The Kier molecular flexibility index (Phi) is 2.25. The van der Waals surface area contributed by atoms with Gasteiger partial charge in [0.15, 0.2) is 5.78 Å². The van der Waals surface area contributed by atoms with Crippen molar-refractivity contribution in [3.05, 3.63) is 24.3 Å². The number of rotatable bonds is 0. The molecule has 0 saturated heterocycles. The molecule has 1 aliphatic rings. The lowest BCUT2D eigenvalue weighted by Crippen LogP contribution is -1.92. The molecule has 0 aromatic rings. The van der Waals surface area contributed by atoms with Crippen molar-refractivity contribution < 1.29 is 4.79 Å². The van der Waals surface area contributed by atoms with E-state index in [1.54, 1.807) is 6.08 Å². The zero-order valence-corrected chi connectivity index (χ0v) is 5.34. The molecule has 0 amide bonds. The second kappa shape index (κ2) is 3.23. The Bertz CT molecular complexity index is 154. The Morgan fingerprint density at radius 2 is 2.22 bits per heavy atom. The minimum atomic E-state index is 0.249. The number of hydrogen-bond acceptors (Lipinski definition) is 1. The van der Waals surface area contributed by atoms with Crippen LogP contribution in [-0.2, 0) is 4.79 Å². The van der Waals surface area contributed by atoms with Gasteiger partial charge in [-0.05, 0) is 18.9 Å². The molecule has 48 valence electrons. The van der Waals surface area contributed by atoms with E-state index in [1.165, 1.54) is 0 Å². The quantitative estimate of drug-likeness (QED) is 0.479. The van der Waals surface area contributed by atoms with Crippen LogP contribution in [-0.4, -0.2) is 5.78 Å². The Morgan fingerprint density at radius 1 is 1.33 bits per heavy atom. The summed E-state index contributed by atoms with van der Waals surface area (Å²) in [7, 11) is 0. The fraction of sp³-hybridized carbons (Fsp3) is 0.375. The first-order valence-corrected chi connectivity index (χ1v) is 3.25. The summed E-state index contributed by atoms with van der Waals surface area (Å²) in [6.07, 6.45) is 10.2. The Hall–Kier alpha value is -0.850. The molecular formula is C8H10O. The Balaban J connectivity index is 2.54. The first kappa shape index (κ1) is 6.27. The van der Waals surface area contributed by atoms with Crippen molar-refractivity contribution >= 4 is 5.78 Å². The van der Waals surface area contributed by atoms with Crippen molar-refractivity contribution in [2.24, 2.45) is 0 Å². The summed E-state index contributed by atoms with van der Waals surface area (Å²) in [5.74, 6) is 0.249. The fourth-order valence-electron chi connectivity index (χ4n) is 0.815. The van der Waals surface area contributed by atoms with E-state index < -0.39 is 0 Å². The third-order valence-electron chi connectivity index (χ3n) is 1.32. The predicted molar refractivity (Wildman–Crippen MR) is 37.1 cm³/mol. The van der Waals surface area contributed by atoms with Crippen LogP contribution in [0.2, 0.25) is 0 Å². The maximum atomic E-state index is 10.7. The third-order valence-corrected chi connectivity index (χ3v) is 1.32. The number of allylic oxidation sites excluding steroid dienone is 4. The molecule has 0 radical (unpaired) electrons. The van der Waals surface area contributed by atoms with E-state index in [-0.39, 0.29) is 5.78 Å². The molecule has 0 aromatic heterocycles. The van der Waals surface area contributed by atoms with Gasteiger partial charge in [0.25, 0.3) is 0 Å². The van der Waals surface area contributed by atoms with Crippen LogP contribution in [0.4, 0.5) is 0 Å². The largest absolute Gasteiger partial charge is 0.295 e. The molecule has 0 aromatic carbocycles. The summed E-state index contributed by atoms with van der Waals surface area (Å²) < 4.78 is 0. The standard InChI is InChI=1S/C8H10O/c9-8-6-4-2-1-3-5-7-8/h1-2,4,6H,3,5,7H2/b2-1+,6-4-. The lowest BCUT2D eigenvalue weighted by atomic mass is 10.1. The topological polar surface area (TPSA) is 17.1 Å². The van der Waals surface area contributed by atoms with Crippen LogP contribution in [0.25, 0.3) is 0 Å². The third kappa shape index (κ3) is 2.27. The van der Waals surface area contributed by atoms with Crippen LogP contribution in [0.15, 0.2) is 24.3 Å². The molecular weight excluding hydrogens is 112 g/mol. The van der Waals surface area contributed by atoms with E-state index >= 15 is 0 Å². The van der Waals surface area contributed by atoms with Gasteiger partial charge in [-0.25, -0.2) is 0 Å². The van der Waals surface area contributed by atoms with E-state index in [0.717, 1.165) is 12.8 Å². The summed E-state index contributed by atoms with van der Waals surface area (Å²) >= 11 is 0. The molecule has 1 rings (SSSR count). The van der Waals surface area contributed by atoms with Crippen LogP contribution in [0.1, 0.15) is 19.3 Å². The molecule has 1 nitrogen and oxygen atoms in total. The first-order chi connectivity index (χ1) is 4.39. The van der Waals surface area contributed by atoms with Gasteiger partial charge in [0.2, 0.25) is 0 Å². The molecule has 0 spiro atoms. The highest BCUT2D eigenvalue weighted by Gasteiger charge is 1.95. The number of carbonyl (C=O) groups is 1. The molecule has 0 fully saturated rings. The maximum Gasteiger partial charge on any atom is 0.155 e. The van der Waals surface area contributed by atoms with E-state index in [9.17, 15) is 4.79 Å². The van der Waals surface area contributed by atoms with Gasteiger partial charge in [0.05, 0.1) is 0 Å². The minimum Gasteiger partial charge on any atom is -0.295 e. The van der Waals surface area contributed by atoms with E-state index in [4.69, 9.17) is 0 Å². The fourth-order valence-corrected chi connectivity index (χ4v) is 0.815. The van der Waals surface area contributed by atoms with Crippen molar-refractivity contribution in [1.29, 1.82) is 0 Å². The summed E-state index contributed by atoms with van der Waals surface area (Å²) in [4.78, 5) is 10.7. The molecule has 1 heteroatoms. The second-order valence-corrected chi connectivity index (χ2v) is 2.15. The molecule has 0 N–H and O–H groups in total. The molecule has 0 unspecified atom stereocenters. The smallest absolute Gasteiger partial charge is 0.155 e. The first-order valence-electron chi connectivity index (χ1n) is 3.25. The van der Waals surface area contributed by atoms with Crippen LogP contribution in [0.5, 0.6) is 0 Å². The van der Waals surface area contributed by atoms with Crippen molar-refractivity contribution in [3.8, 4) is 0 Å². The van der Waals surface area contributed by atoms with Crippen LogP contribution in [0, 0.1) is 0 Å². The van der Waals surface area contributed by atoms with Crippen molar-refractivity contribution in [2.75, 3.05) is 0 Å². The van der Waals surface area contributed by atoms with Crippen molar-refractivity contribution in [2.45, 2.75) is 19.3 Å². The molecule has 1 aliphatic carbocycles. The summed E-state index contributed by atoms with van der Waals surface area (Å²) in [5, 5.41) is 0. The zero-order valence-electron chi connectivity index (χ0n) is 5.34. The highest BCUT2D eigenvalue weighted by atomic mass is 16.1. The highest BCUT2D eigenvalue weighted by molar-refractivity contribution is 5.89. The second-order valence-electron chi connectivity index (χ2n) is 2.15. The van der Waals surface area contributed by atoms with Gasteiger partial charge in [-0.15, -0.1) is 0 Å². The Morgan fingerprint density at radius 3 is 3.11 bits per heavy atom. The number of carbonyl (C=O) groups excluding carboxylic acids is 1. The summed E-state index contributed by atoms with van der Waals surface area (Å²) in [5.41, 5.74) is 0. The van der Waals surface area contributed by atoms with Crippen LogP contribution >= 0.6 is 0 Å². The lowest BCUT2D eigenvalue weighted by Gasteiger charge is -1.94. The SMILES string of the molecule is O=C1/C=C\C=C\CCC1. The average molecular weight is 122 g/mol. The zero-order chi connectivity index (χ0) is 6.53. The molecule has 9 heavy (non-hydrogen) atoms. The van der Waals surface area contributed by atoms with Crippen LogP contribution in [0.3, 0.4) is 0 Å². The molecule has 0 aliphatic heterocycles. The predicted octanol–water partition coefficient (Wildman–Crippen LogP) is 1.85. The van der Waals surface area contributed by atoms with Crippen molar-refractivity contribution in [1.82, 2.24) is 0 Å². The van der Waals surface area contributed by atoms with Crippen molar-refractivity contribution in [3.63, 3.8) is 0 Å². The van der Waals surface area contributed by atoms with Gasteiger partial charge < -0.3 is 0 Å². The molecule has 0 atom stereocenters. The number of hydrogen-bond donors (Lipinski definition) is 0. The molecule has 0 heterocycles. The van der Waals surface area contributed by atoms with E-state index in [2.05, 4.69) is 6.08 Å². The summed E-state index contributed by atoms with van der Waals surface area (Å²) in [6, 6.07) is 0.